The van der Waals surface area contributed by atoms with Crippen molar-refractivity contribution >= 4 is 46.0 Å². The first-order valence-corrected chi connectivity index (χ1v) is 12.9. The van der Waals surface area contributed by atoms with E-state index in [0.717, 1.165) is 23.2 Å². The van der Waals surface area contributed by atoms with Crippen LogP contribution in [0.4, 0.5) is 11.4 Å². The van der Waals surface area contributed by atoms with Crippen molar-refractivity contribution in [3.8, 4) is 0 Å². The van der Waals surface area contributed by atoms with Crippen molar-refractivity contribution in [1.29, 1.82) is 0 Å². The number of hydrogen-bond acceptors (Lipinski definition) is 6. The Bertz CT molecular complexity index is 1400. The van der Waals surface area contributed by atoms with Crippen LogP contribution in [0.2, 0.25) is 0 Å². The van der Waals surface area contributed by atoms with Crippen molar-refractivity contribution in [3.05, 3.63) is 137 Å². The third kappa shape index (κ3) is 4.91. The van der Waals surface area contributed by atoms with Gasteiger partial charge in [-0.1, -0.05) is 103 Å². The zero-order chi connectivity index (χ0) is 24.9. The first-order chi connectivity index (χ1) is 17.6. The molecule has 0 amide bonds. The third-order valence-corrected chi connectivity index (χ3v) is 7.93. The fourth-order valence-electron chi connectivity index (χ4n) is 4.13. The van der Waals surface area contributed by atoms with Crippen molar-refractivity contribution in [2.45, 2.75) is 16.2 Å². The lowest BCUT2D eigenvalue weighted by atomic mass is 9.96. The summed E-state index contributed by atoms with van der Waals surface area (Å²) in [6, 6.07) is 35.2. The molecule has 0 radical (unpaired) electrons. The number of ketones is 1. The molecule has 0 bridgehead atoms. The Morgan fingerprint density at radius 3 is 2.08 bits per heavy atom. The maximum atomic E-state index is 13.8. The number of carbonyl (C=O) groups is 1. The van der Waals surface area contributed by atoms with Crippen LogP contribution in [-0.4, -0.2) is 21.1 Å². The third-order valence-electron chi connectivity index (χ3n) is 5.78. The molecule has 0 saturated carbocycles. The van der Waals surface area contributed by atoms with Crippen LogP contribution in [0.3, 0.4) is 0 Å². The maximum absolute atomic E-state index is 13.8. The quantitative estimate of drug-likeness (QED) is 0.113. The molecule has 0 unspecified atom stereocenters. The zero-order valence-electron chi connectivity index (χ0n) is 19.0. The predicted molar refractivity (Wildman–Crippen MR) is 147 cm³/mol. The minimum atomic E-state index is -0.458. The van der Waals surface area contributed by atoms with Gasteiger partial charge in [-0.3, -0.25) is 14.9 Å². The van der Waals surface area contributed by atoms with Crippen LogP contribution < -0.4 is 4.90 Å². The summed E-state index contributed by atoms with van der Waals surface area (Å²) in [5.41, 5.74) is 2.52. The molecule has 2 atom stereocenters. The van der Waals surface area contributed by atoms with E-state index in [9.17, 15) is 14.9 Å². The summed E-state index contributed by atoms with van der Waals surface area (Å²) in [4.78, 5) is 27.4. The largest absolute Gasteiger partial charge is 0.311 e. The molecule has 1 fully saturated rings. The standard InChI is InChI=1S/C28H21N3O3S2/c32-26(21-14-6-2-7-15-21)27-25(20-12-4-1-5-13-20)30(22-16-8-3-9-17-22)28(35-27)29-36-24-19-11-10-18-23(24)31(33)34/h1-19,25,27H/b29-28-/t25-,27+/m0/s1. The number of carbonyl (C=O) groups excluding carboxylic acids is 1. The van der Waals surface area contributed by atoms with E-state index < -0.39 is 10.2 Å². The molecule has 4 aromatic carbocycles. The number of hydrogen-bond donors (Lipinski definition) is 0. The van der Waals surface area contributed by atoms with Gasteiger partial charge in [0.15, 0.2) is 11.0 Å². The minimum absolute atomic E-state index is 0.00220. The molecular formula is C28H21N3O3S2. The van der Waals surface area contributed by atoms with Crippen LogP contribution in [0.1, 0.15) is 22.0 Å². The van der Waals surface area contributed by atoms with Crippen LogP contribution in [-0.2, 0) is 0 Å². The van der Waals surface area contributed by atoms with Gasteiger partial charge in [0.25, 0.3) is 5.69 Å². The van der Waals surface area contributed by atoms with E-state index in [1.54, 1.807) is 18.2 Å². The lowest BCUT2D eigenvalue weighted by Crippen LogP contribution is -2.33. The molecule has 8 heteroatoms. The van der Waals surface area contributed by atoms with Gasteiger partial charge in [0, 0.05) is 29.3 Å². The van der Waals surface area contributed by atoms with Crippen molar-refractivity contribution in [3.63, 3.8) is 0 Å². The van der Waals surface area contributed by atoms with Crippen LogP contribution in [0.15, 0.2) is 125 Å². The summed E-state index contributed by atoms with van der Waals surface area (Å²) in [6.07, 6.45) is 0. The molecule has 1 heterocycles. The number of para-hydroxylation sites is 2. The summed E-state index contributed by atoms with van der Waals surface area (Å²) in [6.45, 7) is 0. The number of nitrogens with zero attached hydrogens (tertiary/aromatic N) is 3. The van der Waals surface area contributed by atoms with Crippen molar-refractivity contribution in [2.24, 2.45) is 4.40 Å². The van der Waals surface area contributed by atoms with Crippen molar-refractivity contribution < 1.29 is 9.72 Å². The predicted octanol–water partition coefficient (Wildman–Crippen LogP) is 7.20. The number of amidine groups is 1. The molecule has 0 N–H and O–H groups in total. The van der Waals surface area contributed by atoms with Gasteiger partial charge in [-0.05, 0) is 23.8 Å². The van der Waals surface area contributed by atoms with Gasteiger partial charge in [0.1, 0.15) is 10.1 Å². The van der Waals surface area contributed by atoms with Gasteiger partial charge >= 0.3 is 0 Å². The van der Waals surface area contributed by atoms with E-state index in [4.69, 9.17) is 4.40 Å². The van der Waals surface area contributed by atoms with Gasteiger partial charge in [0.05, 0.1) is 11.0 Å². The molecule has 0 spiro atoms. The highest BCUT2D eigenvalue weighted by Crippen LogP contribution is 2.47. The number of nitro groups is 1. The first-order valence-electron chi connectivity index (χ1n) is 11.3. The fraction of sp³-hybridized carbons (Fsp3) is 0.0714. The molecule has 36 heavy (non-hydrogen) atoms. The summed E-state index contributed by atoms with van der Waals surface area (Å²) in [5, 5.41) is 11.7. The summed E-state index contributed by atoms with van der Waals surface area (Å²) < 4.78 is 4.76. The van der Waals surface area contributed by atoms with E-state index >= 15 is 0 Å². The fourth-order valence-corrected chi connectivity index (χ4v) is 6.26. The molecule has 1 aliphatic rings. The minimum Gasteiger partial charge on any atom is -0.311 e. The summed E-state index contributed by atoms with van der Waals surface area (Å²) in [5.74, 6) is 0.0104. The van der Waals surface area contributed by atoms with E-state index in [-0.39, 0.29) is 17.5 Å². The average molecular weight is 512 g/mol. The topological polar surface area (TPSA) is 75.8 Å². The molecule has 1 saturated heterocycles. The highest BCUT2D eigenvalue weighted by Gasteiger charge is 2.45. The van der Waals surface area contributed by atoms with Crippen LogP contribution >= 0.6 is 23.7 Å². The van der Waals surface area contributed by atoms with Crippen molar-refractivity contribution in [2.75, 3.05) is 4.90 Å². The Morgan fingerprint density at radius 1 is 0.833 bits per heavy atom. The Hall–Kier alpha value is -3.88. The number of rotatable bonds is 7. The lowest BCUT2D eigenvalue weighted by Gasteiger charge is -2.28. The monoisotopic (exact) mass is 511 g/mol. The second kappa shape index (κ2) is 10.8. The molecule has 1 aliphatic heterocycles. The maximum Gasteiger partial charge on any atom is 0.284 e. The SMILES string of the molecule is O=C(c1ccccc1)[C@@H]1S/C(=N\Sc2ccccc2[N+](=O)[O-])N(c2ccccc2)[C@H]1c1ccccc1. The normalized spacial score (nSPS) is 18.3. The summed E-state index contributed by atoms with van der Waals surface area (Å²) in [7, 11) is 0. The van der Waals surface area contributed by atoms with Crippen LogP contribution in [0.5, 0.6) is 0 Å². The van der Waals surface area contributed by atoms with E-state index in [2.05, 4.69) is 4.90 Å². The second-order valence-corrected chi connectivity index (χ2v) is 9.93. The number of nitro benzene ring substituents is 1. The Balaban J connectivity index is 1.61. The average Bonchev–Trinajstić information content (AvgIpc) is 3.32. The van der Waals surface area contributed by atoms with E-state index in [1.807, 2.05) is 91.0 Å². The molecule has 178 valence electrons. The first kappa shape index (κ1) is 23.8. The highest BCUT2D eigenvalue weighted by atomic mass is 32.2. The van der Waals surface area contributed by atoms with Gasteiger partial charge in [-0.2, -0.15) is 4.40 Å². The van der Waals surface area contributed by atoms with Gasteiger partial charge < -0.3 is 4.90 Å². The number of thioether (sulfide) groups is 1. The number of benzene rings is 4. The van der Waals surface area contributed by atoms with E-state index in [1.165, 1.54) is 17.8 Å². The zero-order valence-corrected chi connectivity index (χ0v) is 20.6. The molecule has 0 aliphatic carbocycles. The lowest BCUT2D eigenvalue weighted by molar-refractivity contribution is -0.387. The molecule has 0 aromatic heterocycles. The van der Waals surface area contributed by atoms with Gasteiger partial charge in [-0.15, -0.1) is 0 Å². The van der Waals surface area contributed by atoms with E-state index in [0.29, 0.717) is 15.6 Å². The molecule has 4 aromatic rings. The second-order valence-electron chi connectivity index (χ2n) is 8.02. The number of Topliss-reactive ketones (excluding diaryl/α,β-unsaturated/α-hetero) is 1. The Labute approximate surface area is 217 Å². The van der Waals surface area contributed by atoms with Gasteiger partial charge in [0.2, 0.25) is 0 Å². The van der Waals surface area contributed by atoms with Crippen LogP contribution in [0, 0.1) is 10.1 Å². The highest BCUT2D eigenvalue weighted by molar-refractivity contribution is 8.16. The molecule has 5 rings (SSSR count). The molecular weight excluding hydrogens is 490 g/mol. The van der Waals surface area contributed by atoms with Crippen molar-refractivity contribution in [1.82, 2.24) is 0 Å². The Kier molecular flexibility index (Phi) is 7.16. The summed E-state index contributed by atoms with van der Waals surface area (Å²) >= 11 is 2.44. The molecule has 6 nitrogen and oxygen atoms in total. The van der Waals surface area contributed by atoms with Crippen LogP contribution in [0.25, 0.3) is 0 Å². The Morgan fingerprint density at radius 2 is 1.42 bits per heavy atom. The number of anilines is 1. The van der Waals surface area contributed by atoms with Gasteiger partial charge in [-0.25, -0.2) is 0 Å². The smallest absolute Gasteiger partial charge is 0.284 e.